The summed E-state index contributed by atoms with van der Waals surface area (Å²) in [6.07, 6.45) is 8.29. The predicted molar refractivity (Wildman–Crippen MR) is 55.7 cm³/mol. The minimum absolute atomic E-state index is 0.947. The highest BCUT2D eigenvalue weighted by molar-refractivity contribution is 5.76. The second kappa shape index (κ2) is 6.59. The summed E-state index contributed by atoms with van der Waals surface area (Å²) in [4.78, 5) is 0. The second-order valence-corrected chi connectivity index (χ2v) is 2.89. The number of allylic oxidation sites excluding steroid dienone is 4. The average molecular weight is 163 g/mol. The van der Waals surface area contributed by atoms with E-state index in [1.165, 1.54) is 6.21 Å². The van der Waals surface area contributed by atoms with Crippen LogP contribution in [0.5, 0.6) is 0 Å². The Kier molecular flexibility index (Phi) is 5.98. The van der Waals surface area contributed by atoms with Gasteiger partial charge in [0.15, 0.2) is 0 Å². The molecular weight excluding hydrogens is 146 g/mol. The van der Waals surface area contributed by atoms with Crippen molar-refractivity contribution in [3.63, 3.8) is 0 Å². The van der Waals surface area contributed by atoms with Crippen LogP contribution in [0, 0.1) is 5.41 Å². The zero-order chi connectivity index (χ0) is 9.40. The Morgan fingerprint density at radius 3 is 2.58 bits per heavy atom. The van der Waals surface area contributed by atoms with Crippen molar-refractivity contribution in [1.29, 1.82) is 5.41 Å². The van der Waals surface area contributed by atoms with Gasteiger partial charge in [-0.25, -0.2) is 0 Å². The monoisotopic (exact) mass is 163 g/mol. The molecule has 0 atom stereocenters. The molecule has 0 unspecified atom stereocenters. The summed E-state index contributed by atoms with van der Waals surface area (Å²) in [7, 11) is 0. The van der Waals surface area contributed by atoms with Gasteiger partial charge >= 0.3 is 0 Å². The third kappa shape index (κ3) is 5.66. The lowest BCUT2D eigenvalue weighted by Gasteiger charge is -1.98. The van der Waals surface area contributed by atoms with Crippen LogP contribution in [0.25, 0.3) is 0 Å². The lowest BCUT2D eigenvalue weighted by Crippen LogP contribution is -1.85. The van der Waals surface area contributed by atoms with Crippen molar-refractivity contribution in [2.45, 2.75) is 26.2 Å². The van der Waals surface area contributed by atoms with Gasteiger partial charge in [-0.05, 0) is 31.8 Å². The fourth-order valence-corrected chi connectivity index (χ4v) is 0.953. The summed E-state index contributed by atoms with van der Waals surface area (Å²) in [5.41, 5.74) is 2.05. The van der Waals surface area contributed by atoms with Crippen molar-refractivity contribution in [1.82, 2.24) is 0 Å². The van der Waals surface area contributed by atoms with Gasteiger partial charge in [0.05, 0.1) is 0 Å². The van der Waals surface area contributed by atoms with Crippen LogP contribution in [0.1, 0.15) is 26.2 Å². The molecule has 0 saturated heterocycles. The molecule has 0 aliphatic rings. The molecule has 0 radical (unpaired) electrons. The first kappa shape index (κ1) is 10.9. The maximum Gasteiger partial charge on any atom is 0.0209 e. The number of unbranched alkanes of at least 4 members (excludes halogenated alkanes) is 1. The minimum Gasteiger partial charge on any atom is -0.308 e. The largest absolute Gasteiger partial charge is 0.308 e. The van der Waals surface area contributed by atoms with Crippen molar-refractivity contribution in [2.24, 2.45) is 0 Å². The average Bonchev–Trinajstić information content (AvgIpc) is 2.02. The van der Waals surface area contributed by atoms with E-state index in [0.717, 1.165) is 30.4 Å². The molecule has 0 aliphatic heterocycles. The molecule has 0 spiro atoms. The molecule has 0 amide bonds. The van der Waals surface area contributed by atoms with Gasteiger partial charge in [-0.3, -0.25) is 0 Å². The maximum atomic E-state index is 7.13. The fourth-order valence-electron chi connectivity index (χ4n) is 0.953. The Hall–Kier alpha value is -1.11. The highest BCUT2D eigenvalue weighted by atomic mass is 14.3. The quantitative estimate of drug-likeness (QED) is 0.268. The van der Waals surface area contributed by atoms with E-state index in [-0.39, 0.29) is 0 Å². The summed E-state index contributed by atoms with van der Waals surface area (Å²) >= 11 is 0. The Labute approximate surface area is 75.0 Å². The number of hydrogen-bond donors (Lipinski definition) is 1. The molecule has 1 heteroatoms. The van der Waals surface area contributed by atoms with Crippen LogP contribution < -0.4 is 0 Å². The van der Waals surface area contributed by atoms with Crippen molar-refractivity contribution in [3.05, 3.63) is 36.5 Å². The molecule has 0 fully saturated rings. The molecule has 0 aromatic rings. The summed E-state index contributed by atoms with van der Waals surface area (Å²) in [6.45, 7) is 9.36. The number of rotatable bonds is 6. The van der Waals surface area contributed by atoms with E-state index in [0.29, 0.717) is 0 Å². The molecule has 1 nitrogen and oxygen atoms in total. The molecule has 0 aromatic carbocycles. The maximum absolute atomic E-state index is 7.13. The SMILES string of the molecule is C=CCCC/C(C=N)=C/C(=C)C. The first-order valence-electron chi connectivity index (χ1n) is 4.18. The van der Waals surface area contributed by atoms with Gasteiger partial charge in [0.25, 0.3) is 0 Å². The summed E-state index contributed by atoms with van der Waals surface area (Å²) < 4.78 is 0. The molecular formula is C11H17N. The van der Waals surface area contributed by atoms with Gasteiger partial charge in [0.2, 0.25) is 0 Å². The highest BCUT2D eigenvalue weighted by Crippen LogP contribution is 2.07. The minimum atomic E-state index is 0.947. The summed E-state index contributed by atoms with van der Waals surface area (Å²) in [5.74, 6) is 0. The Balaban J connectivity index is 3.90. The van der Waals surface area contributed by atoms with E-state index in [4.69, 9.17) is 5.41 Å². The summed E-state index contributed by atoms with van der Waals surface area (Å²) in [6, 6.07) is 0. The van der Waals surface area contributed by atoms with Crippen LogP contribution >= 0.6 is 0 Å². The van der Waals surface area contributed by atoms with Crippen molar-refractivity contribution >= 4 is 6.21 Å². The van der Waals surface area contributed by atoms with Crippen molar-refractivity contribution in [3.8, 4) is 0 Å². The van der Waals surface area contributed by atoms with Crippen LogP contribution in [0.2, 0.25) is 0 Å². The van der Waals surface area contributed by atoms with E-state index in [1.54, 1.807) is 0 Å². The van der Waals surface area contributed by atoms with Crippen LogP contribution in [0.15, 0.2) is 36.5 Å². The first-order chi connectivity index (χ1) is 5.70. The molecule has 12 heavy (non-hydrogen) atoms. The topological polar surface area (TPSA) is 23.9 Å². The molecule has 0 saturated carbocycles. The van der Waals surface area contributed by atoms with Crippen LogP contribution in [-0.4, -0.2) is 6.21 Å². The Morgan fingerprint density at radius 2 is 2.17 bits per heavy atom. The van der Waals surface area contributed by atoms with Crippen molar-refractivity contribution in [2.75, 3.05) is 0 Å². The van der Waals surface area contributed by atoms with Crippen LogP contribution in [0.3, 0.4) is 0 Å². The van der Waals surface area contributed by atoms with Gasteiger partial charge < -0.3 is 5.41 Å². The molecule has 0 bridgehead atoms. The van der Waals surface area contributed by atoms with E-state index in [1.807, 2.05) is 19.1 Å². The molecule has 0 heterocycles. The molecule has 1 N–H and O–H groups in total. The summed E-state index contributed by atoms with van der Waals surface area (Å²) in [5, 5.41) is 7.13. The van der Waals surface area contributed by atoms with E-state index >= 15 is 0 Å². The number of hydrogen-bond acceptors (Lipinski definition) is 1. The van der Waals surface area contributed by atoms with Crippen LogP contribution in [0.4, 0.5) is 0 Å². The molecule has 0 aromatic heterocycles. The predicted octanol–water partition coefficient (Wildman–Crippen LogP) is 3.49. The lowest BCUT2D eigenvalue weighted by molar-refractivity contribution is 0.855. The Morgan fingerprint density at radius 1 is 1.50 bits per heavy atom. The smallest absolute Gasteiger partial charge is 0.0209 e. The zero-order valence-electron chi connectivity index (χ0n) is 7.77. The molecule has 0 rings (SSSR count). The van der Waals surface area contributed by atoms with Gasteiger partial charge in [-0.15, -0.1) is 6.58 Å². The van der Waals surface area contributed by atoms with Gasteiger partial charge in [0, 0.05) is 6.21 Å². The van der Waals surface area contributed by atoms with Gasteiger partial charge in [-0.1, -0.05) is 24.3 Å². The van der Waals surface area contributed by atoms with E-state index in [2.05, 4.69) is 13.2 Å². The van der Waals surface area contributed by atoms with Crippen molar-refractivity contribution < 1.29 is 0 Å². The van der Waals surface area contributed by atoms with Gasteiger partial charge in [0.1, 0.15) is 0 Å². The normalized spacial score (nSPS) is 10.9. The Bertz CT molecular complexity index is 199. The first-order valence-corrected chi connectivity index (χ1v) is 4.18. The van der Waals surface area contributed by atoms with Gasteiger partial charge in [-0.2, -0.15) is 0 Å². The standard InChI is InChI=1S/C11H17N/c1-4-5-6-7-11(9-12)8-10(2)3/h4,8-9,12H,1-2,5-7H2,3H3/b11-8-,12-9?. The highest BCUT2D eigenvalue weighted by Gasteiger charge is 1.91. The number of nitrogens with one attached hydrogen (secondary N) is 1. The van der Waals surface area contributed by atoms with E-state index in [9.17, 15) is 0 Å². The molecule has 66 valence electrons. The van der Waals surface area contributed by atoms with Crippen LogP contribution in [-0.2, 0) is 0 Å². The molecule has 0 aliphatic carbocycles. The van der Waals surface area contributed by atoms with E-state index < -0.39 is 0 Å². The third-order valence-corrected chi connectivity index (χ3v) is 1.49. The lowest BCUT2D eigenvalue weighted by atomic mass is 10.1. The fraction of sp³-hybridized carbons (Fsp3) is 0.364. The third-order valence-electron chi connectivity index (χ3n) is 1.49. The second-order valence-electron chi connectivity index (χ2n) is 2.89. The zero-order valence-corrected chi connectivity index (χ0v) is 7.77.